The van der Waals surface area contributed by atoms with Gasteiger partial charge in [-0.05, 0) is 56.1 Å². The zero-order valence-electron chi connectivity index (χ0n) is 18.9. The molecule has 1 unspecified atom stereocenters. The van der Waals surface area contributed by atoms with Crippen LogP contribution < -0.4 is 5.32 Å². The van der Waals surface area contributed by atoms with E-state index in [0.29, 0.717) is 29.0 Å². The molecular formula is C25H30FN5OS. The number of nitrogens with one attached hydrogen (secondary N) is 1. The average molecular weight is 468 g/mol. The van der Waals surface area contributed by atoms with Crippen molar-refractivity contribution in [2.45, 2.75) is 31.3 Å². The van der Waals surface area contributed by atoms with Crippen molar-refractivity contribution in [2.24, 2.45) is 5.92 Å². The molecule has 0 spiro atoms. The molecule has 0 aliphatic carbocycles. The summed E-state index contributed by atoms with van der Waals surface area (Å²) in [5.41, 5.74) is 1.19. The van der Waals surface area contributed by atoms with E-state index in [2.05, 4.69) is 27.3 Å². The van der Waals surface area contributed by atoms with Crippen LogP contribution in [0.4, 0.5) is 4.39 Å². The Hall–Kier alpha value is -2.71. The van der Waals surface area contributed by atoms with Crippen molar-refractivity contribution < 1.29 is 9.18 Å². The second kappa shape index (κ2) is 11.4. The summed E-state index contributed by atoms with van der Waals surface area (Å²) in [7, 11) is 0. The number of nitrogens with zero attached hydrogens (tertiary/aromatic N) is 4. The van der Waals surface area contributed by atoms with E-state index >= 15 is 0 Å². The fraction of sp³-hybridized carbons (Fsp3) is 0.400. The van der Waals surface area contributed by atoms with Gasteiger partial charge in [-0.1, -0.05) is 55.4 Å². The summed E-state index contributed by atoms with van der Waals surface area (Å²) in [5.74, 6) is 0.633. The van der Waals surface area contributed by atoms with E-state index < -0.39 is 0 Å². The van der Waals surface area contributed by atoms with Crippen LogP contribution in [0.5, 0.6) is 0 Å². The number of aromatic nitrogens is 3. The lowest BCUT2D eigenvalue weighted by Crippen LogP contribution is -2.38. The monoisotopic (exact) mass is 467 g/mol. The molecule has 6 nitrogen and oxygen atoms in total. The second-order valence-corrected chi connectivity index (χ2v) is 9.46. The first-order valence-corrected chi connectivity index (χ1v) is 12.5. The van der Waals surface area contributed by atoms with Crippen molar-refractivity contribution in [3.05, 3.63) is 60.4 Å². The van der Waals surface area contributed by atoms with Gasteiger partial charge in [-0.2, -0.15) is 0 Å². The summed E-state index contributed by atoms with van der Waals surface area (Å²) in [4.78, 5) is 15.0. The zero-order chi connectivity index (χ0) is 23.0. The van der Waals surface area contributed by atoms with E-state index in [1.807, 2.05) is 30.3 Å². The Kier molecular flexibility index (Phi) is 8.12. The van der Waals surface area contributed by atoms with E-state index in [1.54, 1.807) is 22.8 Å². The van der Waals surface area contributed by atoms with Gasteiger partial charge >= 0.3 is 0 Å². The minimum atomic E-state index is -0.362. The van der Waals surface area contributed by atoms with Crippen molar-refractivity contribution in [3.63, 3.8) is 0 Å². The molecule has 2 aromatic carbocycles. The maximum absolute atomic E-state index is 14.5. The summed E-state index contributed by atoms with van der Waals surface area (Å²) in [5, 5.41) is 12.1. The number of halogens is 1. The minimum Gasteiger partial charge on any atom is -0.355 e. The third-order valence-corrected chi connectivity index (χ3v) is 6.69. The van der Waals surface area contributed by atoms with Gasteiger partial charge in [0.15, 0.2) is 11.0 Å². The number of rotatable bonds is 9. The number of para-hydroxylation sites is 1. The highest BCUT2D eigenvalue weighted by atomic mass is 32.2. The summed E-state index contributed by atoms with van der Waals surface area (Å²) in [6.07, 6.45) is 3.87. The molecule has 1 N–H and O–H groups in total. The van der Waals surface area contributed by atoms with Gasteiger partial charge in [-0.15, -0.1) is 10.2 Å². The molecule has 2 heterocycles. The molecule has 8 heteroatoms. The summed E-state index contributed by atoms with van der Waals surface area (Å²) in [6.45, 7) is 6.17. The topological polar surface area (TPSA) is 63.1 Å². The third-order valence-electron chi connectivity index (χ3n) is 5.76. The molecule has 1 fully saturated rings. The lowest BCUT2D eigenvalue weighted by Gasteiger charge is -2.29. The molecule has 0 bridgehead atoms. The van der Waals surface area contributed by atoms with Gasteiger partial charge in [0, 0.05) is 18.8 Å². The predicted molar refractivity (Wildman–Crippen MR) is 130 cm³/mol. The first-order chi connectivity index (χ1) is 16.1. The van der Waals surface area contributed by atoms with Gasteiger partial charge in [0.1, 0.15) is 5.82 Å². The molecular weight excluding hydrogens is 437 g/mol. The van der Waals surface area contributed by atoms with Crippen LogP contribution in [-0.2, 0) is 4.79 Å². The number of amides is 1. The van der Waals surface area contributed by atoms with Crippen LogP contribution in [0, 0.1) is 11.7 Å². The second-order valence-electron chi connectivity index (χ2n) is 8.52. The molecule has 1 saturated heterocycles. The summed E-state index contributed by atoms with van der Waals surface area (Å²) in [6, 6.07) is 16.1. The molecule has 33 heavy (non-hydrogen) atoms. The van der Waals surface area contributed by atoms with Crippen LogP contribution in [0.2, 0.25) is 0 Å². The molecule has 174 valence electrons. The number of carbonyl (C=O) groups excluding carboxylic acids is 1. The number of hydrogen-bond donors (Lipinski definition) is 1. The van der Waals surface area contributed by atoms with Crippen molar-refractivity contribution >= 4 is 17.7 Å². The molecule has 1 aromatic heterocycles. The summed E-state index contributed by atoms with van der Waals surface area (Å²) < 4.78 is 16.3. The van der Waals surface area contributed by atoms with E-state index in [4.69, 9.17) is 0 Å². The lowest BCUT2D eigenvalue weighted by atomic mass is 10.1. The Morgan fingerprint density at radius 2 is 1.79 bits per heavy atom. The van der Waals surface area contributed by atoms with Crippen molar-refractivity contribution in [1.29, 1.82) is 0 Å². The van der Waals surface area contributed by atoms with Gasteiger partial charge in [0.2, 0.25) is 5.91 Å². The van der Waals surface area contributed by atoms with Gasteiger partial charge in [0.25, 0.3) is 0 Å². The average Bonchev–Trinajstić information content (AvgIpc) is 3.26. The van der Waals surface area contributed by atoms with Crippen molar-refractivity contribution in [1.82, 2.24) is 25.0 Å². The van der Waals surface area contributed by atoms with Crippen LogP contribution in [0.15, 0.2) is 59.8 Å². The molecule has 0 radical (unpaired) electrons. The smallest absolute Gasteiger partial charge is 0.230 e. The Morgan fingerprint density at radius 1 is 1.06 bits per heavy atom. The Labute approximate surface area is 198 Å². The number of likely N-dealkylation sites (tertiary alicyclic amines) is 1. The molecule has 0 saturated carbocycles. The van der Waals surface area contributed by atoms with Gasteiger partial charge in [0.05, 0.1) is 11.3 Å². The zero-order valence-corrected chi connectivity index (χ0v) is 19.7. The molecule has 1 aliphatic rings. The Balaban J connectivity index is 1.40. The fourth-order valence-electron chi connectivity index (χ4n) is 4.11. The molecule has 4 rings (SSSR count). The summed E-state index contributed by atoms with van der Waals surface area (Å²) >= 11 is 1.30. The number of piperidine rings is 1. The number of hydrogen-bond acceptors (Lipinski definition) is 5. The lowest BCUT2D eigenvalue weighted by molar-refractivity contribution is -0.118. The first kappa shape index (κ1) is 23.4. The highest BCUT2D eigenvalue weighted by Gasteiger charge is 2.20. The Bertz CT molecular complexity index is 1050. The largest absolute Gasteiger partial charge is 0.355 e. The minimum absolute atomic E-state index is 0.0412. The SMILES string of the molecule is CC(CNC(=O)CSc1nnc(-c2ccccc2F)n1-c1ccccc1)CN1CCCCC1. The van der Waals surface area contributed by atoms with Crippen molar-refractivity contribution in [2.75, 3.05) is 31.9 Å². The predicted octanol–water partition coefficient (Wildman–Crippen LogP) is 4.40. The van der Waals surface area contributed by atoms with Crippen LogP contribution in [0.3, 0.4) is 0 Å². The van der Waals surface area contributed by atoms with Gasteiger partial charge in [-0.3, -0.25) is 9.36 Å². The fourth-order valence-corrected chi connectivity index (χ4v) is 4.89. The molecule has 3 aromatic rings. The van der Waals surface area contributed by atoms with Crippen LogP contribution in [-0.4, -0.2) is 57.5 Å². The Morgan fingerprint density at radius 3 is 2.55 bits per heavy atom. The maximum Gasteiger partial charge on any atom is 0.230 e. The van der Waals surface area contributed by atoms with Gasteiger partial charge < -0.3 is 10.2 Å². The van der Waals surface area contributed by atoms with Gasteiger partial charge in [-0.25, -0.2) is 4.39 Å². The molecule has 1 amide bonds. The molecule has 1 atom stereocenters. The normalized spacial score (nSPS) is 15.3. The number of benzene rings is 2. The third kappa shape index (κ3) is 6.21. The van der Waals surface area contributed by atoms with E-state index in [-0.39, 0.29) is 17.5 Å². The van der Waals surface area contributed by atoms with E-state index in [1.165, 1.54) is 37.1 Å². The highest BCUT2D eigenvalue weighted by Crippen LogP contribution is 2.29. The first-order valence-electron chi connectivity index (χ1n) is 11.5. The van der Waals surface area contributed by atoms with Crippen LogP contribution >= 0.6 is 11.8 Å². The molecule has 1 aliphatic heterocycles. The highest BCUT2D eigenvalue weighted by molar-refractivity contribution is 7.99. The number of carbonyl (C=O) groups is 1. The maximum atomic E-state index is 14.5. The quantitative estimate of drug-likeness (QED) is 0.473. The van der Waals surface area contributed by atoms with E-state index in [0.717, 1.165) is 25.3 Å². The standard InChI is InChI=1S/C25H30FN5OS/c1-19(17-30-14-8-3-9-15-30)16-27-23(32)18-33-25-29-28-24(21-12-6-7-13-22(21)26)31(25)20-10-4-2-5-11-20/h2,4-7,10-13,19H,3,8-9,14-18H2,1H3,(H,27,32). The van der Waals surface area contributed by atoms with Crippen molar-refractivity contribution in [3.8, 4) is 17.1 Å². The number of thioether (sulfide) groups is 1. The van der Waals surface area contributed by atoms with Crippen LogP contribution in [0.25, 0.3) is 17.1 Å². The van der Waals surface area contributed by atoms with E-state index in [9.17, 15) is 9.18 Å². The van der Waals surface area contributed by atoms with Crippen LogP contribution in [0.1, 0.15) is 26.2 Å².